The van der Waals surface area contributed by atoms with E-state index >= 15 is 0 Å². The fourth-order valence-electron chi connectivity index (χ4n) is 2.28. The average molecular weight is 262 g/mol. The SMILES string of the molecule is CC(C)c1ccc2c(c1)NC(=O)C(CC(=O)O)N2C. The third kappa shape index (κ3) is 2.54. The van der Waals surface area contributed by atoms with Crippen LogP contribution in [0.15, 0.2) is 18.2 Å². The summed E-state index contributed by atoms with van der Waals surface area (Å²) in [5, 5.41) is 11.7. The lowest BCUT2D eigenvalue weighted by Gasteiger charge is -2.34. The Hall–Kier alpha value is -2.04. The number of anilines is 2. The predicted molar refractivity (Wildman–Crippen MR) is 73.6 cm³/mol. The molecule has 1 aliphatic heterocycles. The van der Waals surface area contributed by atoms with E-state index in [1.807, 2.05) is 18.2 Å². The maximum atomic E-state index is 12.0. The molecule has 1 aromatic carbocycles. The van der Waals surface area contributed by atoms with E-state index in [1.54, 1.807) is 11.9 Å². The number of likely N-dealkylation sites (N-methyl/N-ethyl adjacent to an activating group) is 1. The Bertz CT molecular complexity index is 525. The van der Waals surface area contributed by atoms with Crippen molar-refractivity contribution < 1.29 is 14.7 Å². The summed E-state index contributed by atoms with van der Waals surface area (Å²) in [6, 6.07) is 5.23. The highest BCUT2D eigenvalue weighted by Crippen LogP contribution is 2.34. The van der Waals surface area contributed by atoms with Gasteiger partial charge in [-0.05, 0) is 23.6 Å². The van der Waals surface area contributed by atoms with E-state index in [0.29, 0.717) is 5.92 Å². The molecule has 0 saturated carbocycles. The van der Waals surface area contributed by atoms with Gasteiger partial charge in [-0.1, -0.05) is 19.9 Å². The summed E-state index contributed by atoms with van der Waals surface area (Å²) in [4.78, 5) is 24.5. The van der Waals surface area contributed by atoms with Crippen LogP contribution in [0, 0.1) is 0 Å². The monoisotopic (exact) mass is 262 g/mol. The molecule has 0 bridgehead atoms. The molecule has 1 aromatic rings. The summed E-state index contributed by atoms with van der Waals surface area (Å²) in [6.07, 6.45) is -0.201. The minimum Gasteiger partial charge on any atom is -0.481 e. The van der Waals surface area contributed by atoms with E-state index in [0.717, 1.165) is 16.9 Å². The van der Waals surface area contributed by atoms with Gasteiger partial charge in [0.05, 0.1) is 17.8 Å². The Morgan fingerprint density at radius 2 is 2.16 bits per heavy atom. The number of benzene rings is 1. The molecule has 1 amide bonds. The van der Waals surface area contributed by atoms with Crippen LogP contribution >= 0.6 is 0 Å². The molecule has 1 aliphatic rings. The Kier molecular flexibility index (Phi) is 3.46. The first-order valence-electron chi connectivity index (χ1n) is 6.29. The average Bonchev–Trinajstić information content (AvgIpc) is 2.33. The van der Waals surface area contributed by atoms with Crippen molar-refractivity contribution in [3.63, 3.8) is 0 Å². The van der Waals surface area contributed by atoms with Crippen molar-refractivity contribution in [3.05, 3.63) is 23.8 Å². The number of carboxylic acid groups (broad SMARTS) is 1. The molecular formula is C14H18N2O3. The number of nitrogens with one attached hydrogen (secondary N) is 1. The topological polar surface area (TPSA) is 69.6 Å². The minimum absolute atomic E-state index is 0.201. The van der Waals surface area contributed by atoms with Crippen molar-refractivity contribution >= 4 is 23.3 Å². The second-order valence-electron chi connectivity index (χ2n) is 5.15. The molecule has 5 heteroatoms. The number of carbonyl (C=O) groups is 2. The van der Waals surface area contributed by atoms with Gasteiger partial charge in [-0.2, -0.15) is 0 Å². The summed E-state index contributed by atoms with van der Waals surface area (Å²) in [5.74, 6) is -0.864. The van der Waals surface area contributed by atoms with Gasteiger partial charge in [0.2, 0.25) is 5.91 Å². The van der Waals surface area contributed by atoms with Crippen molar-refractivity contribution in [1.82, 2.24) is 0 Å². The lowest BCUT2D eigenvalue weighted by atomic mass is 9.99. The normalized spacial score (nSPS) is 18.2. The van der Waals surface area contributed by atoms with Crippen LogP contribution in [0.3, 0.4) is 0 Å². The number of hydrogen-bond acceptors (Lipinski definition) is 3. The Labute approximate surface area is 112 Å². The van der Waals surface area contributed by atoms with Gasteiger partial charge in [0, 0.05) is 7.05 Å². The Morgan fingerprint density at radius 3 is 2.74 bits per heavy atom. The lowest BCUT2D eigenvalue weighted by molar-refractivity contribution is -0.138. The maximum absolute atomic E-state index is 12.0. The zero-order valence-corrected chi connectivity index (χ0v) is 11.3. The van der Waals surface area contributed by atoms with Crippen LogP contribution in [0.5, 0.6) is 0 Å². The van der Waals surface area contributed by atoms with Crippen molar-refractivity contribution in [2.75, 3.05) is 17.3 Å². The van der Waals surface area contributed by atoms with Crippen LogP contribution in [0.1, 0.15) is 31.7 Å². The quantitative estimate of drug-likeness (QED) is 0.874. The molecule has 5 nitrogen and oxygen atoms in total. The van der Waals surface area contributed by atoms with E-state index in [-0.39, 0.29) is 12.3 Å². The summed E-state index contributed by atoms with van der Waals surface area (Å²) in [6.45, 7) is 4.17. The molecule has 102 valence electrons. The summed E-state index contributed by atoms with van der Waals surface area (Å²) >= 11 is 0. The smallest absolute Gasteiger partial charge is 0.305 e. The second-order valence-corrected chi connectivity index (χ2v) is 5.15. The van der Waals surface area contributed by atoms with Gasteiger partial charge in [-0.25, -0.2) is 0 Å². The maximum Gasteiger partial charge on any atom is 0.305 e. The van der Waals surface area contributed by atoms with Crippen molar-refractivity contribution in [2.24, 2.45) is 0 Å². The number of rotatable bonds is 3. The lowest BCUT2D eigenvalue weighted by Crippen LogP contribution is -2.47. The van der Waals surface area contributed by atoms with Gasteiger partial charge < -0.3 is 15.3 Å². The molecule has 0 radical (unpaired) electrons. The fraction of sp³-hybridized carbons (Fsp3) is 0.429. The first-order valence-corrected chi connectivity index (χ1v) is 6.29. The van der Waals surface area contributed by atoms with Gasteiger partial charge in [0.25, 0.3) is 0 Å². The largest absolute Gasteiger partial charge is 0.481 e. The highest BCUT2D eigenvalue weighted by atomic mass is 16.4. The van der Waals surface area contributed by atoms with Crippen molar-refractivity contribution in [1.29, 1.82) is 0 Å². The van der Waals surface area contributed by atoms with Crippen LogP contribution in [-0.2, 0) is 9.59 Å². The van der Waals surface area contributed by atoms with Crippen molar-refractivity contribution in [3.8, 4) is 0 Å². The van der Waals surface area contributed by atoms with Gasteiger partial charge in [-0.15, -0.1) is 0 Å². The minimum atomic E-state index is -0.978. The molecule has 0 fully saturated rings. The van der Waals surface area contributed by atoms with Crippen LogP contribution in [0.2, 0.25) is 0 Å². The van der Waals surface area contributed by atoms with E-state index in [1.165, 1.54) is 0 Å². The standard InChI is InChI=1S/C14H18N2O3/c1-8(2)9-4-5-11-10(6-9)15-14(19)12(16(11)3)7-13(17)18/h4-6,8,12H,7H2,1-3H3,(H,15,19)(H,17,18). The number of fused-ring (bicyclic) bond motifs is 1. The van der Waals surface area contributed by atoms with Crippen LogP contribution in [-0.4, -0.2) is 30.1 Å². The highest BCUT2D eigenvalue weighted by molar-refractivity contribution is 6.05. The second kappa shape index (κ2) is 4.91. The van der Waals surface area contributed by atoms with E-state index < -0.39 is 12.0 Å². The van der Waals surface area contributed by atoms with E-state index in [4.69, 9.17) is 5.11 Å². The molecule has 0 saturated heterocycles. The van der Waals surface area contributed by atoms with Crippen LogP contribution in [0.4, 0.5) is 11.4 Å². The summed E-state index contributed by atoms with van der Waals surface area (Å²) in [7, 11) is 1.75. The van der Waals surface area contributed by atoms with Gasteiger partial charge in [-0.3, -0.25) is 9.59 Å². The molecule has 2 N–H and O–H groups in total. The molecule has 2 rings (SSSR count). The Morgan fingerprint density at radius 1 is 1.47 bits per heavy atom. The molecule has 1 unspecified atom stereocenters. The molecule has 19 heavy (non-hydrogen) atoms. The zero-order chi connectivity index (χ0) is 14.2. The molecule has 1 heterocycles. The number of carbonyl (C=O) groups excluding carboxylic acids is 1. The predicted octanol–water partition coefficient (Wildman–Crippen LogP) is 2.04. The summed E-state index contributed by atoms with van der Waals surface area (Å²) < 4.78 is 0. The first-order chi connectivity index (χ1) is 8.90. The van der Waals surface area contributed by atoms with E-state index in [2.05, 4.69) is 19.2 Å². The number of carboxylic acids is 1. The van der Waals surface area contributed by atoms with Gasteiger partial charge in [0.1, 0.15) is 6.04 Å². The number of hydrogen-bond donors (Lipinski definition) is 2. The zero-order valence-electron chi connectivity index (χ0n) is 11.3. The third-order valence-corrected chi connectivity index (χ3v) is 3.46. The summed E-state index contributed by atoms with van der Waals surface area (Å²) in [5.41, 5.74) is 2.75. The highest BCUT2D eigenvalue weighted by Gasteiger charge is 2.32. The fourth-order valence-corrected chi connectivity index (χ4v) is 2.28. The molecule has 0 aromatic heterocycles. The van der Waals surface area contributed by atoms with Crippen LogP contribution < -0.4 is 10.2 Å². The number of nitrogens with zero attached hydrogens (tertiary/aromatic N) is 1. The third-order valence-electron chi connectivity index (χ3n) is 3.46. The molecular weight excluding hydrogens is 244 g/mol. The van der Waals surface area contributed by atoms with Gasteiger partial charge >= 0.3 is 5.97 Å². The molecule has 1 atom stereocenters. The molecule has 0 spiro atoms. The Balaban J connectivity index is 2.36. The first kappa shape index (κ1) is 13.4. The van der Waals surface area contributed by atoms with Gasteiger partial charge in [0.15, 0.2) is 0 Å². The van der Waals surface area contributed by atoms with Crippen LogP contribution in [0.25, 0.3) is 0 Å². The number of amides is 1. The van der Waals surface area contributed by atoms with E-state index in [9.17, 15) is 9.59 Å². The van der Waals surface area contributed by atoms with Crippen molar-refractivity contribution in [2.45, 2.75) is 32.2 Å². The molecule has 0 aliphatic carbocycles. The number of aliphatic carboxylic acids is 1.